The predicted molar refractivity (Wildman–Crippen MR) is 159 cm³/mol. The highest BCUT2D eigenvalue weighted by molar-refractivity contribution is 7.19. The summed E-state index contributed by atoms with van der Waals surface area (Å²) in [4.78, 5) is 3.90. The largest absolute Gasteiger partial charge is 0.416 e. The minimum absolute atomic E-state index is 0.637. The first kappa shape index (κ1) is 26.5. The van der Waals surface area contributed by atoms with Gasteiger partial charge in [-0.25, -0.2) is 0 Å². The lowest BCUT2D eigenvalue weighted by Gasteiger charge is -2.28. The molecule has 0 saturated heterocycles. The van der Waals surface area contributed by atoms with E-state index in [0.29, 0.717) is 11.1 Å². The Kier molecular flexibility index (Phi) is 5.51. The van der Waals surface area contributed by atoms with Gasteiger partial charge in [0, 0.05) is 19.5 Å². The van der Waals surface area contributed by atoms with Gasteiger partial charge in [0.05, 0.1) is 16.5 Å². The number of thiophene rings is 2. The molecule has 4 aromatic carbocycles. The Hall–Kier alpha value is -4.14. The van der Waals surface area contributed by atoms with Crippen molar-refractivity contribution in [2.45, 2.75) is 17.8 Å². The van der Waals surface area contributed by atoms with E-state index >= 15 is 0 Å². The number of halogens is 6. The van der Waals surface area contributed by atoms with Gasteiger partial charge in [-0.1, -0.05) is 72.8 Å². The molecule has 212 valence electrons. The maximum absolute atomic E-state index is 13.3. The normalized spacial score (nSPS) is 14.5. The van der Waals surface area contributed by atoms with Crippen molar-refractivity contribution in [2.24, 2.45) is 0 Å². The molecule has 0 amide bonds. The SMILES string of the molecule is FC(F)(F)c1ccc(-c2cc3c(s2)C2(c4ccccc4-c4ccccc42)c2sc(-c4ccc(C(F)(F)F)cc4)cc2-3)cc1. The van der Waals surface area contributed by atoms with Gasteiger partial charge in [0.25, 0.3) is 0 Å². The van der Waals surface area contributed by atoms with Crippen molar-refractivity contribution in [2.75, 3.05) is 0 Å². The molecule has 0 bridgehead atoms. The summed E-state index contributed by atoms with van der Waals surface area (Å²) in [6.07, 6.45) is -8.84. The molecule has 2 aliphatic carbocycles. The van der Waals surface area contributed by atoms with Gasteiger partial charge in [0.1, 0.15) is 0 Å². The number of hydrogen-bond donors (Lipinski definition) is 0. The minimum Gasteiger partial charge on any atom is -0.166 e. The molecule has 0 atom stereocenters. The number of rotatable bonds is 2. The van der Waals surface area contributed by atoms with E-state index in [4.69, 9.17) is 0 Å². The molecule has 1 spiro atoms. The lowest BCUT2D eigenvalue weighted by molar-refractivity contribution is -0.138. The summed E-state index contributed by atoms with van der Waals surface area (Å²) in [7, 11) is 0. The molecule has 0 fully saturated rings. The number of alkyl halides is 6. The fraction of sp³-hybridized carbons (Fsp3) is 0.0857. The molecular formula is C35H18F6S2. The molecule has 2 heterocycles. The van der Waals surface area contributed by atoms with E-state index in [0.717, 1.165) is 77.2 Å². The van der Waals surface area contributed by atoms with Gasteiger partial charge < -0.3 is 0 Å². The topological polar surface area (TPSA) is 0 Å². The Morgan fingerprint density at radius 2 is 0.814 bits per heavy atom. The lowest BCUT2D eigenvalue weighted by atomic mass is 9.78. The van der Waals surface area contributed by atoms with Gasteiger partial charge in [0.2, 0.25) is 0 Å². The van der Waals surface area contributed by atoms with Crippen molar-refractivity contribution in [1.82, 2.24) is 0 Å². The highest BCUT2D eigenvalue weighted by atomic mass is 32.1. The Morgan fingerprint density at radius 1 is 0.442 bits per heavy atom. The Morgan fingerprint density at radius 3 is 1.19 bits per heavy atom. The van der Waals surface area contributed by atoms with Crippen molar-refractivity contribution in [3.8, 4) is 43.1 Å². The zero-order valence-corrected chi connectivity index (χ0v) is 23.6. The fourth-order valence-corrected chi connectivity index (χ4v) is 9.37. The monoisotopic (exact) mass is 616 g/mol. The standard InChI is InChI=1S/C35H18F6S2/c36-34(37,38)21-13-9-19(10-14-21)29-17-25-26-18-30(20-11-15-22(16-12-20)35(39,40)41)43-32(26)33(31(25)42-29)27-7-3-1-5-23(27)24-6-2-4-8-28(24)33/h1-18H. The summed E-state index contributed by atoms with van der Waals surface area (Å²) in [5.41, 5.74) is 5.83. The third-order valence-electron chi connectivity index (χ3n) is 8.38. The molecule has 8 heteroatoms. The second-order valence-electron chi connectivity index (χ2n) is 10.7. The number of hydrogen-bond acceptors (Lipinski definition) is 2. The zero-order valence-electron chi connectivity index (χ0n) is 22.0. The van der Waals surface area contributed by atoms with E-state index in [-0.39, 0.29) is 0 Å². The van der Waals surface area contributed by atoms with Crippen LogP contribution in [0, 0.1) is 0 Å². The van der Waals surface area contributed by atoms with E-state index in [2.05, 4.69) is 24.3 Å². The van der Waals surface area contributed by atoms with E-state index in [1.54, 1.807) is 22.7 Å². The first-order valence-corrected chi connectivity index (χ1v) is 15.0. The Labute approximate surface area is 250 Å². The summed E-state index contributed by atoms with van der Waals surface area (Å²) in [5, 5.41) is 0. The van der Waals surface area contributed by atoms with Crippen LogP contribution < -0.4 is 0 Å². The third-order valence-corrected chi connectivity index (χ3v) is 11.0. The van der Waals surface area contributed by atoms with Gasteiger partial charge in [-0.15, -0.1) is 22.7 Å². The second-order valence-corrected chi connectivity index (χ2v) is 12.8. The number of benzene rings is 4. The van der Waals surface area contributed by atoms with Crippen molar-refractivity contribution in [1.29, 1.82) is 0 Å². The highest BCUT2D eigenvalue weighted by Gasteiger charge is 2.54. The van der Waals surface area contributed by atoms with Crippen molar-refractivity contribution < 1.29 is 26.3 Å². The smallest absolute Gasteiger partial charge is 0.166 e. The maximum atomic E-state index is 13.3. The van der Waals surface area contributed by atoms with Crippen LogP contribution >= 0.6 is 22.7 Å². The minimum atomic E-state index is -4.42. The van der Waals surface area contributed by atoms with Crippen LogP contribution in [0.25, 0.3) is 43.1 Å². The average Bonchev–Trinajstić information content (AvgIpc) is 3.73. The van der Waals surface area contributed by atoms with E-state index in [1.807, 2.05) is 36.4 Å². The molecule has 0 aliphatic heterocycles. The second kappa shape index (κ2) is 8.94. The van der Waals surface area contributed by atoms with Gasteiger partial charge in [-0.3, -0.25) is 0 Å². The lowest BCUT2D eigenvalue weighted by Crippen LogP contribution is -2.23. The molecule has 8 rings (SSSR count). The molecule has 0 radical (unpaired) electrons. The van der Waals surface area contributed by atoms with Gasteiger partial charge >= 0.3 is 12.4 Å². The fourth-order valence-electron chi connectivity index (χ4n) is 6.50. The van der Waals surface area contributed by atoms with Crippen LogP contribution in [-0.2, 0) is 17.8 Å². The average molecular weight is 617 g/mol. The van der Waals surface area contributed by atoms with Crippen LogP contribution in [0.2, 0.25) is 0 Å². The van der Waals surface area contributed by atoms with Crippen molar-refractivity contribution >= 4 is 22.7 Å². The first-order chi connectivity index (χ1) is 20.6. The van der Waals surface area contributed by atoms with Crippen molar-refractivity contribution in [3.05, 3.63) is 141 Å². The first-order valence-electron chi connectivity index (χ1n) is 13.4. The zero-order chi connectivity index (χ0) is 29.7. The Balaban J connectivity index is 1.36. The third kappa shape index (κ3) is 3.76. The highest BCUT2D eigenvalue weighted by Crippen LogP contribution is 2.67. The van der Waals surface area contributed by atoms with Crippen LogP contribution in [0.4, 0.5) is 26.3 Å². The number of fused-ring (bicyclic) bond motifs is 10. The quantitative estimate of drug-likeness (QED) is 0.170. The Bertz CT molecular complexity index is 1890. The summed E-state index contributed by atoms with van der Waals surface area (Å²) in [6.45, 7) is 0. The molecule has 6 aromatic rings. The van der Waals surface area contributed by atoms with Crippen LogP contribution in [0.5, 0.6) is 0 Å². The van der Waals surface area contributed by atoms with Crippen LogP contribution in [0.15, 0.2) is 109 Å². The molecule has 0 saturated carbocycles. The molecule has 0 nitrogen and oxygen atoms in total. The predicted octanol–water partition coefficient (Wildman–Crippen LogP) is 11.5. The summed E-state index contributed by atoms with van der Waals surface area (Å²) < 4.78 is 79.6. The van der Waals surface area contributed by atoms with E-state index in [1.165, 1.54) is 24.3 Å². The maximum Gasteiger partial charge on any atom is 0.416 e. The van der Waals surface area contributed by atoms with Crippen LogP contribution in [-0.4, -0.2) is 0 Å². The van der Waals surface area contributed by atoms with E-state index < -0.39 is 28.9 Å². The van der Waals surface area contributed by atoms with Gasteiger partial charge in [0.15, 0.2) is 0 Å². The van der Waals surface area contributed by atoms with E-state index in [9.17, 15) is 26.3 Å². The summed E-state index contributed by atoms with van der Waals surface area (Å²) >= 11 is 3.16. The molecule has 0 unspecified atom stereocenters. The van der Waals surface area contributed by atoms with Crippen LogP contribution in [0.1, 0.15) is 32.0 Å². The summed E-state index contributed by atoms with van der Waals surface area (Å²) in [5.74, 6) is 0. The van der Waals surface area contributed by atoms with Gasteiger partial charge in [-0.2, -0.15) is 26.3 Å². The molecule has 43 heavy (non-hydrogen) atoms. The summed E-state index contributed by atoms with van der Waals surface area (Å²) in [6, 6.07) is 31.1. The van der Waals surface area contributed by atoms with Crippen LogP contribution in [0.3, 0.4) is 0 Å². The molecule has 0 N–H and O–H groups in total. The molecule has 2 aliphatic rings. The van der Waals surface area contributed by atoms with Crippen molar-refractivity contribution in [3.63, 3.8) is 0 Å². The molecular weight excluding hydrogens is 599 g/mol. The molecule has 2 aromatic heterocycles. The van der Waals surface area contributed by atoms with Gasteiger partial charge in [-0.05, 0) is 80.9 Å².